The first-order valence-electron chi connectivity index (χ1n) is 6.43. The summed E-state index contributed by atoms with van der Waals surface area (Å²) in [6, 6.07) is 3.81. The lowest BCUT2D eigenvalue weighted by Crippen LogP contribution is -2.36. The molecule has 0 saturated carbocycles. The van der Waals surface area contributed by atoms with Gasteiger partial charge in [-0.2, -0.15) is 5.10 Å². The van der Waals surface area contributed by atoms with E-state index in [2.05, 4.69) is 9.84 Å². The van der Waals surface area contributed by atoms with Crippen LogP contribution in [-0.4, -0.2) is 40.2 Å². The minimum Gasteiger partial charge on any atom is -0.468 e. The van der Waals surface area contributed by atoms with Crippen LogP contribution in [-0.2, 0) is 34.3 Å². The van der Waals surface area contributed by atoms with Crippen molar-refractivity contribution in [3.05, 3.63) is 40.3 Å². The second-order valence-corrected chi connectivity index (χ2v) is 5.64. The number of hydrogen-bond donors (Lipinski definition) is 0. The predicted molar refractivity (Wildman–Crippen MR) is 78.7 cm³/mol. The van der Waals surface area contributed by atoms with Gasteiger partial charge in [-0.05, 0) is 11.4 Å². The number of aromatic nitrogens is 2. The van der Waals surface area contributed by atoms with Gasteiger partial charge in [-0.25, -0.2) is 0 Å². The second-order valence-electron chi connectivity index (χ2n) is 4.60. The van der Waals surface area contributed by atoms with Crippen molar-refractivity contribution in [2.45, 2.75) is 13.0 Å². The minimum atomic E-state index is -0.432. The Morgan fingerprint density at radius 2 is 2.29 bits per heavy atom. The van der Waals surface area contributed by atoms with Gasteiger partial charge in [0.05, 0.1) is 19.7 Å². The molecule has 2 rings (SSSR count). The molecule has 0 aliphatic heterocycles. The maximum absolute atomic E-state index is 12.4. The quantitative estimate of drug-likeness (QED) is 0.753. The Hall–Kier alpha value is -2.15. The van der Waals surface area contributed by atoms with E-state index in [0.717, 1.165) is 10.4 Å². The van der Waals surface area contributed by atoms with E-state index in [1.165, 1.54) is 23.3 Å². The van der Waals surface area contributed by atoms with Gasteiger partial charge in [-0.1, -0.05) is 6.07 Å². The Kier molecular flexibility index (Phi) is 5.10. The van der Waals surface area contributed by atoms with Crippen molar-refractivity contribution in [3.63, 3.8) is 0 Å². The fraction of sp³-hybridized carbons (Fsp3) is 0.357. The molecule has 0 fully saturated rings. The zero-order valence-corrected chi connectivity index (χ0v) is 12.8. The van der Waals surface area contributed by atoms with Crippen LogP contribution in [0.4, 0.5) is 0 Å². The van der Waals surface area contributed by atoms with E-state index in [1.54, 1.807) is 10.9 Å². The number of carbonyl (C=O) groups is 2. The van der Waals surface area contributed by atoms with Crippen LogP contribution in [0.2, 0.25) is 0 Å². The lowest BCUT2D eigenvalue weighted by Gasteiger charge is -2.20. The molecule has 2 aromatic rings. The van der Waals surface area contributed by atoms with Crippen LogP contribution in [0.15, 0.2) is 29.9 Å². The van der Waals surface area contributed by atoms with E-state index in [1.807, 2.05) is 30.8 Å². The zero-order valence-electron chi connectivity index (χ0n) is 12.0. The lowest BCUT2D eigenvalue weighted by atomic mass is 10.2. The molecular formula is C14H17N3O3S. The van der Waals surface area contributed by atoms with Gasteiger partial charge in [-0.15, -0.1) is 11.3 Å². The normalized spacial score (nSPS) is 10.4. The average molecular weight is 307 g/mol. The van der Waals surface area contributed by atoms with E-state index < -0.39 is 5.97 Å². The van der Waals surface area contributed by atoms with Gasteiger partial charge >= 0.3 is 5.97 Å². The van der Waals surface area contributed by atoms with Gasteiger partial charge < -0.3 is 9.64 Å². The highest BCUT2D eigenvalue weighted by Crippen LogP contribution is 2.12. The van der Waals surface area contributed by atoms with Gasteiger partial charge in [-0.3, -0.25) is 14.3 Å². The van der Waals surface area contributed by atoms with Crippen molar-refractivity contribution >= 4 is 23.2 Å². The number of rotatable bonds is 6. The summed E-state index contributed by atoms with van der Waals surface area (Å²) in [4.78, 5) is 26.3. The van der Waals surface area contributed by atoms with E-state index in [9.17, 15) is 9.59 Å². The third kappa shape index (κ3) is 4.42. The Balaban J connectivity index is 2.07. The molecule has 2 heterocycles. The van der Waals surface area contributed by atoms with Crippen LogP contribution in [0, 0.1) is 0 Å². The summed E-state index contributed by atoms with van der Waals surface area (Å²) in [5, 5.41) is 5.99. The molecule has 1 amide bonds. The molecule has 0 unspecified atom stereocenters. The summed E-state index contributed by atoms with van der Waals surface area (Å²) < 4.78 is 6.32. The minimum absolute atomic E-state index is 0.0599. The standard InChI is InChI=1S/C14H17N3O3S/c1-16-8-11(7-15-16)9-17(10-14(19)20-2)13(18)6-12-4-3-5-21-12/h3-5,7-8H,6,9-10H2,1-2H3. The van der Waals surface area contributed by atoms with Gasteiger partial charge in [0, 0.05) is 30.2 Å². The van der Waals surface area contributed by atoms with Crippen LogP contribution < -0.4 is 0 Å². The second kappa shape index (κ2) is 7.03. The van der Waals surface area contributed by atoms with Crippen molar-refractivity contribution in [3.8, 4) is 0 Å². The monoisotopic (exact) mass is 307 g/mol. The highest BCUT2D eigenvalue weighted by molar-refractivity contribution is 7.10. The number of nitrogens with zero attached hydrogens (tertiary/aromatic N) is 3. The van der Waals surface area contributed by atoms with E-state index in [0.29, 0.717) is 6.54 Å². The van der Waals surface area contributed by atoms with Crippen molar-refractivity contribution in [2.24, 2.45) is 7.05 Å². The Labute approximate surface area is 126 Å². The molecule has 2 aromatic heterocycles. The molecule has 0 N–H and O–H groups in total. The summed E-state index contributed by atoms with van der Waals surface area (Å²) in [6.45, 7) is 0.281. The number of esters is 1. The van der Waals surface area contributed by atoms with E-state index in [4.69, 9.17) is 0 Å². The van der Waals surface area contributed by atoms with Gasteiger partial charge in [0.15, 0.2) is 0 Å². The highest BCUT2D eigenvalue weighted by Gasteiger charge is 2.19. The van der Waals surface area contributed by atoms with Crippen molar-refractivity contribution in [1.29, 1.82) is 0 Å². The number of carbonyl (C=O) groups excluding carboxylic acids is 2. The maximum atomic E-state index is 12.4. The first-order valence-corrected chi connectivity index (χ1v) is 7.31. The molecule has 0 aliphatic rings. The molecule has 7 heteroatoms. The number of amides is 1. The number of thiophene rings is 1. The summed E-state index contributed by atoms with van der Waals surface area (Å²) in [5.41, 5.74) is 0.876. The molecule has 0 atom stereocenters. The van der Waals surface area contributed by atoms with Crippen molar-refractivity contribution in [2.75, 3.05) is 13.7 Å². The topological polar surface area (TPSA) is 64.4 Å². The number of aryl methyl sites for hydroxylation is 1. The molecule has 112 valence electrons. The molecule has 0 saturated heterocycles. The molecule has 21 heavy (non-hydrogen) atoms. The largest absolute Gasteiger partial charge is 0.468 e. The third-order valence-electron chi connectivity index (χ3n) is 2.94. The number of methoxy groups -OCH3 is 1. The molecular weight excluding hydrogens is 290 g/mol. The molecule has 0 aromatic carbocycles. The van der Waals surface area contributed by atoms with Crippen LogP contribution in [0.1, 0.15) is 10.4 Å². The number of ether oxygens (including phenoxy) is 1. The molecule has 0 bridgehead atoms. The van der Waals surface area contributed by atoms with Crippen LogP contribution in [0.3, 0.4) is 0 Å². The Morgan fingerprint density at radius 3 is 2.86 bits per heavy atom. The highest BCUT2D eigenvalue weighted by atomic mass is 32.1. The fourth-order valence-corrected chi connectivity index (χ4v) is 2.60. The maximum Gasteiger partial charge on any atom is 0.325 e. The Morgan fingerprint density at radius 1 is 1.48 bits per heavy atom. The first kappa shape index (κ1) is 15.2. The fourth-order valence-electron chi connectivity index (χ4n) is 1.90. The summed E-state index contributed by atoms with van der Waals surface area (Å²) in [7, 11) is 3.12. The van der Waals surface area contributed by atoms with E-state index in [-0.39, 0.29) is 18.9 Å². The summed E-state index contributed by atoms with van der Waals surface area (Å²) in [5.74, 6) is -0.537. The van der Waals surface area contributed by atoms with Crippen LogP contribution in [0.25, 0.3) is 0 Å². The van der Waals surface area contributed by atoms with Crippen LogP contribution in [0.5, 0.6) is 0 Å². The molecule has 0 radical (unpaired) electrons. The Bertz CT molecular complexity index is 607. The van der Waals surface area contributed by atoms with E-state index >= 15 is 0 Å². The van der Waals surface area contributed by atoms with Gasteiger partial charge in [0.2, 0.25) is 5.91 Å². The average Bonchev–Trinajstić information content (AvgIpc) is 3.09. The van der Waals surface area contributed by atoms with Gasteiger partial charge in [0.25, 0.3) is 0 Å². The molecule has 0 spiro atoms. The van der Waals surface area contributed by atoms with Gasteiger partial charge in [0.1, 0.15) is 6.54 Å². The number of hydrogen-bond acceptors (Lipinski definition) is 5. The first-order chi connectivity index (χ1) is 10.1. The van der Waals surface area contributed by atoms with Crippen LogP contribution >= 0.6 is 11.3 Å². The SMILES string of the molecule is COC(=O)CN(Cc1cnn(C)c1)C(=O)Cc1cccs1. The predicted octanol–water partition coefficient (Wildman–Crippen LogP) is 1.23. The lowest BCUT2D eigenvalue weighted by molar-refractivity contribution is -0.147. The summed E-state index contributed by atoms with van der Waals surface area (Å²) in [6.07, 6.45) is 3.79. The smallest absolute Gasteiger partial charge is 0.325 e. The van der Waals surface area contributed by atoms with Crippen molar-refractivity contribution < 1.29 is 14.3 Å². The zero-order chi connectivity index (χ0) is 15.2. The summed E-state index contributed by atoms with van der Waals surface area (Å²) >= 11 is 1.52. The third-order valence-corrected chi connectivity index (χ3v) is 3.81. The molecule has 0 aliphatic carbocycles. The molecule has 6 nitrogen and oxygen atoms in total. The van der Waals surface area contributed by atoms with Crippen molar-refractivity contribution in [1.82, 2.24) is 14.7 Å².